The molecule has 0 fully saturated rings. The number of rotatable bonds is 8. The third kappa shape index (κ3) is 7.55. The van der Waals surface area contributed by atoms with Crippen molar-refractivity contribution in [1.29, 1.82) is 0 Å². The second-order valence-corrected chi connectivity index (χ2v) is 5.06. The second kappa shape index (κ2) is 7.86. The molecule has 0 aromatic heterocycles. The van der Waals surface area contributed by atoms with Gasteiger partial charge >= 0.3 is 0 Å². The van der Waals surface area contributed by atoms with E-state index in [1.54, 1.807) is 0 Å². The van der Waals surface area contributed by atoms with Crippen LogP contribution in [-0.2, 0) is 4.79 Å². The lowest BCUT2D eigenvalue weighted by Gasteiger charge is -2.13. The molecule has 0 aliphatic rings. The van der Waals surface area contributed by atoms with Crippen LogP contribution in [0.3, 0.4) is 0 Å². The number of carbonyl (C=O) groups is 1. The van der Waals surface area contributed by atoms with Gasteiger partial charge in [-0.1, -0.05) is 41.0 Å². The van der Waals surface area contributed by atoms with E-state index in [0.717, 1.165) is 19.4 Å². The molecule has 1 atom stereocenters. The Morgan fingerprint density at radius 2 is 1.67 bits per heavy atom. The van der Waals surface area contributed by atoms with Gasteiger partial charge < -0.3 is 5.32 Å². The molecule has 90 valence electrons. The average molecular weight is 213 g/mol. The normalized spacial score (nSPS) is 13.5. The number of Topliss-reactive ketones (excluding diaryl/α,β-unsaturated/α-hetero) is 1. The van der Waals surface area contributed by atoms with E-state index in [1.165, 1.54) is 6.42 Å². The fourth-order valence-corrected chi connectivity index (χ4v) is 1.68. The summed E-state index contributed by atoms with van der Waals surface area (Å²) in [6.45, 7) is 11.4. The van der Waals surface area contributed by atoms with Gasteiger partial charge in [-0.3, -0.25) is 4.79 Å². The van der Waals surface area contributed by atoms with Gasteiger partial charge in [0.15, 0.2) is 0 Å². The van der Waals surface area contributed by atoms with Gasteiger partial charge in [-0.2, -0.15) is 0 Å². The summed E-state index contributed by atoms with van der Waals surface area (Å²) in [6, 6.07) is 0.569. The van der Waals surface area contributed by atoms with Crippen molar-refractivity contribution in [2.75, 3.05) is 6.54 Å². The Hall–Kier alpha value is -0.370. The Labute approximate surface area is 94.8 Å². The summed E-state index contributed by atoms with van der Waals surface area (Å²) in [6.07, 6.45) is 3.37. The molecule has 0 radical (unpaired) electrons. The zero-order valence-electron chi connectivity index (χ0n) is 11.0. The van der Waals surface area contributed by atoms with Crippen LogP contribution in [0, 0.1) is 11.8 Å². The van der Waals surface area contributed by atoms with Gasteiger partial charge in [0.2, 0.25) is 0 Å². The van der Waals surface area contributed by atoms with Crippen molar-refractivity contribution >= 4 is 5.78 Å². The monoisotopic (exact) mass is 213 g/mol. The lowest BCUT2D eigenvalue weighted by molar-refractivity contribution is -0.125. The molecular formula is C13H27NO. The minimum atomic E-state index is 0.189. The zero-order chi connectivity index (χ0) is 11.8. The van der Waals surface area contributed by atoms with Crippen LogP contribution < -0.4 is 5.32 Å². The number of hydrogen-bond donors (Lipinski definition) is 1. The van der Waals surface area contributed by atoms with Gasteiger partial charge in [-0.15, -0.1) is 0 Å². The molecule has 0 saturated heterocycles. The van der Waals surface area contributed by atoms with E-state index >= 15 is 0 Å². The molecule has 1 unspecified atom stereocenters. The van der Waals surface area contributed by atoms with Crippen molar-refractivity contribution in [3.8, 4) is 0 Å². The van der Waals surface area contributed by atoms with Crippen LogP contribution in [0.2, 0.25) is 0 Å². The average Bonchev–Trinajstić information content (AvgIpc) is 2.15. The molecule has 0 amide bonds. The summed E-state index contributed by atoms with van der Waals surface area (Å²) in [5, 5.41) is 3.39. The molecule has 0 aromatic rings. The Balaban J connectivity index is 3.47. The third-order valence-electron chi connectivity index (χ3n) is 2.67. The minimum Gasteiger partial charge on any atom is -0.315 e. The Morgan fingerprint density at radius 1 is 1.07 bits per heavy atom. The van der Waals surface area contributed by atoms with E-state index in [4.69, 9.17) is 0 Å². The number of ketones is 1. The van der Waals surface area contributed by atoms with Crippen LogP contribution >= 0.6 is 0 Å². The first-order valence-electron chi connectivity index (χ1n) is 6.22. The van der Waals surface area contributed by atoms with Crippen LogP contribution in [-0.4, -0.2) is 18.4 Å². The topological polar surface area (TPSA) is 29.1 Å². The predicted molar refractivity (Wildman–Crippen MR) is 66.0 cm³/mol. The highest BCUT2D eigenvalue weighted by atomic mass is 16.1. The molecule has 0 spiro atoms. The molecule has 0 aliphatic carbocycles. The molecule has 0 aliphatic heterocycles. The largest absolute Gasteiger partial charge is 0.315 e. The first-order chi connectivity index (χ1) is 6.95. The molecule has 1 N–H and O–H groups in total. The summed E-state index contributed by atoms with van der Waals surface area (Å²) in [5.74, 6) is 0.838. The van der Waals surface area contributed by atoms with Crippen LogP contribution in [0.4, 0.5) is 0 Å². The molecule has 15 heavy (non-hydrogen) atoms. The number of hydrogen-bond acceptors (Lipinski definition) is 2. The Bertz CT molecular complexity index is 175. The van der Waals surface area contributed by atoms with Gasteiger partial charge in [0.05, 0.1) is 0 Å². The van der Waals surface area contributed by atoms with Gasteiger partial charge in [0.25, 0.3) is 0 Å². The molecule has 0 rings (SSSR count). The van der Waals surface area contributed by atoms with Crippen LogP contribution in [0.15, 0.2) is 0 Å². The summed E-state index contributed by atoms with van der Waals surface area (Å²) in [4.78, 5) is 11.6. The van der Waals surface area contributed by atoms with E-state index < -0.39 is 0 Å². The van der Waals surface area contributed by atoms with Crippen LogP contribution in [0.25, 0.3) is 0 Å². The van der Waals surface area contributed by atoms with Crippen molar-refractivity contribution in [2.24, 2.45) is 11.8 Å². The SMILES string of the molecule is CC(C)NCCCCC(C)C(=O)C(C)C. The van der Waals surface area contributed by atoms with E-state index in [1.807, 2.05) is 13.8 Å². The molecular weight excluding hydrogens is 186 g/mol. The van der Waals surface area contributed by atoms with Crippen LogP contribution in [0.1, 0.15) is 53.9 Å². The second-order valence-electron chi connectivity index (χ2n) is 5.06. The molecule has 0 saturated carbocycles. The standard InChI is InChI=1S/C13H27NO/c1-10(2)13(15)12(5)8-6-7-9-14-11(3)4/h10-12,14H,6-9H2,1-5H3. The minimum absolute atomic E-state index is 0.189. The third-order valence-corrected chi connectivity index (χ3v) is 2.67. The van der Waals surface area contributed by atoms with Crippen molar-refractivity contribution in [3.63, 3.8) is 0 Å². The fourth-order valence-electron chi connectivity index (χ4n) is 1.68. The van der Waals surface area contributed by atoms with Gasteiger partial charge in [-0.25, -0.2) is 0 Å². The van der Waals surface area contributed by atoms with Gasteiger partial charge in [0, 0.05) is 17.9 Å². The highest BCUT2D eigenvalue weighted by Crippen LogP contribution is 2.13. The molecule has 2 heteroatoms. The number of unbranched alkanes of at least 4 members (excludes halogenated alkanes) is 1. The molecule has 2 nitrogen and oxygen atoms in total. The van der Waals surface area contributed by atoms with Gasteiger partial charge in [0.1, 0.15) is 5.78 Å². The number of nitrogens with one attached hydrogen (secondary N) is 1. The molecule has 0 heterocycles. The quantitative estimate of drug-likeness (QED) is 0.628. The molecule has 0 bridgehead atoms. The zero-order valence-corrected chi connectivity index (χ0v) is 11.0. The van der Waals surface area contributed by atoms with Crippen molar-refractivity contribution in [2.45, 2.75) is 59.9 Å². The van der Waals surface area contributed by atoms with E-state index in [9.17, 15) is 4.79 Å². The highest BCUT2D eigenvalue weighted by molar-refractivity contribution is 5.82. The van der Waals surface area contributed by atoms with Gasteiger partial charge in [-0.05, 0) is 19.4 Å². The fraction of sp³-hybridized carbons (Fsp3) is 0.923. The van der Waals surface area contributed by atoms with E-state index in [0.29, 0.717) is 11.8 Å². The maximum Gasteiger partial charge on any atom is 0.138 e. The number of carbonyl (C=O) groups excluding carboxylic acids is 1. The lowest BCUT2D eigenvalue weighted by atomic mass is 9.92. The first-order valence-corrected chi connectivity index (χ1v) is 6.22. The summed E-state index contributed by atoms with van der Waals surface area (Å²) in [5.41, 5.74) is 0. The van der Waals surface area contributed by atoms with Crippen molar-refractivity contribution < 1.29 is 4.79 Å². The summed E-state index contributed by atoms with van der Waals surface area (Å²) < 4.78 is 0. The van der Waals surface area contributed by atoms with E-state index in [-0.39, 0.29) is 11.8 Å². The summed E-state index contributed by atoms with van der Waals surface area (Å²) in [7, 11) is 0. The Morgan fingerprint density at radius 3 is 2.13 bits per heavy atom. The summed E-state index contributed by atoms with van der Waals surface area (Å²) >= 11 is 0. The maximum absolute atomic E-state index is 11.6. The highest BCUT2D eigenvalue weighted by Gasteiger charge is 2.15. The predicted octanol–water partition coefficient (Wildman–Crippen LogP) is 3.02. The lowest BCUT2D eigenvalue weighted by Crippen LogP contribution is -2.24. The van der Waals surface area contributed by atoms with E-state index in [2.05, 4.69) is 26.1 Å². The molecule has 0 aromatic carbocycles. The van der Waals surface area contributed by atoms with Crippen LogP contribution in [0.5, 0.6) is 0 Å². The Kier molecular flexibility index (Phi) is 7.67. The van der Waals surface area contributed by atoms with Crippen molar-refractivity contribution in [3.05, 3.63) is 0 Å². The first kappa shape index (κ1) is 14.6. The van der Waals surface area contributed by atoms with Crippen molar-refractivity contribution in [1.82, 2.24) is 5.32 Å². The smallest absolute Gasteiger partial charge is 0.138 e. The maximum atomic E-state index is 11.6.